The summed E-state index contributed by atoms with van der Waals surface area (Å²) in [5.74, 6) is 0.112. The fraction of sp³-hybridized carbons (Fsp3) is 0.769. The van der Waals surface area contributed by atoms with Gasteiger partial charge in [0.15, 0.2) is 0 Å². The number of rotatable bonds is 1. The van der Waals surface area contributed by atoms with E-state index in [9.17, 15) is 9.59 Å². The maximum atomic E-state index is 12.6. The number of nitrogens with zero attached hydrogens (tertiary/aromatic N) is 4. The molecule has 2 saturated heterocycles. The zero-order chi connectivity index (χ0) is 14.0. The Morgan fingerprint density at radius 1 is 1.32 bits per heavy atom. The first kappa shape index (κ1) is 13.8. The minimum Gasteiger partial charge on any atom is -0.343 e. The number of carbonyl (C=O) groups excluding carboxylic acids is 2. The summed E-state index contributed by atoms with van der Waals surface area (Å²) in [6, 6.07) is 2.05. The summed E-state index contributed by atoms with van der Waals surface area (Å²) in [6.07, 6.45) is 1.31. The molecule has 2 heterocycles. The molecule has 0 aliphatic carbocycles. The van der Waals surface area contributed by atoms with E-state index in [1.807, 2.05) is 7.05 Å². The molecule has 2 aliphatic heterocycles. The van der Waals surface area contributed by atoms with E-state index in [2.05, 4.69) is 11.0 Å². The Morgan fingerprint density at radius 2 is 1.95 bits per heavy atom. The third-order valence-corrected chi connectivity index (χ3v) is 4.42. The largest absolute Gasteiger partial charge is 0.343 e. The predicted octanol–water partition coefficient (Wildman–Crippen LogP) is -0.335. The first-order chi connectivity index (χ1) is 9.01. The van der Waals surface area contributed by atoms with Gasteiger partial charge < -0.3 is 9.80 Å². The molecule has 0 unspecified atom stereocenters. The molecule has 0 atom stereocenters. The Bertz CT molecular complexity index is 421. The van der Waals surface area contributed by atoms with Gasteiger partial charge in [-0.15, -0.1) is 0 Å². The zero-order valence-corrected chi connectivity index (χ0v) is 11.6. The highest BCUT2D eigenvalue weighted by atomic mass is 16.2. The Hall–Kier alpha value is -1.61. The number of hydrogen-bond donors (Lipinski definition) is 0. The number of likely N-dealkylation sites (N-methyl/N-ethyl adjacent to an activating group) is 1. The van der Waals surface area contributed by atoms with Gasteiger partial charge in [0.2, 0.25) is 11.8 Å². The molecule has 2 rings (SSSR count). The second-order valence-corrected chi connectivity index (χ2v) is 5.34. The molecule has 19 heavy (non-hydrogen) atoms. The number of likely N-dealkylation sites (tertiary alicyclic amines) is 1. The van der Waals surface area contributed by atoms with Gasteiger partial charge >= 0.3 is 0 Å². The second kappa shape index (κ2) is 5.17. The summed E-state index contributed by atoms with van der Waals surface area (Å²) in [5, 5.41) is 8.79. The lowest BCUT2D eigenvalue weighted by Crippen LogP contribution is -2.67. The van der Waals surface area contributed by atoms with E-state index in [0.717, 1.165) is 6.54 Å². The third-order valence-electron chi connectivity index (χ3n) is 4.42. The summed E-state index contributed by atoms with van der Waals surface area (Å²) < 4.78 is 0. The standard InChI is InChI=1S/C13H20N4O2/c1-11(18)16-6-3-13(4-7-16)12(19)17(8-5-14)10-9-15(13)2/h3-4,6-10H2,1-2H3. The SMILES string of the molecule is CC(=O)N1CCC2(CC1)C(=O)N(CC#N)CCN2C. The summed E-state index contributed by atoms with van der Waals surface area (Å²) in [7, 11) is 1.96. The van der Waals surface area contributed by atoms with E-state index in [1.165, 1.54) is 0 Å². The molecule has 2 amide bonds. The topological polar surface area (TPSA) is 67.6 Å². The molecule has 1 spiro atoms. The second-order valence-electron chi connectivity index (χ2n) is 5.34. The van der Waals surface area contributed by atoms with Gasteiger partial charge in [-0.05, 0) is 19.9 Å². The Labute approximate surface area is 113 Å². The minimum absolute atomic E-state index is 0.0472. The van der Waals surface area contributed by atoms with Crippen LogP contribution in [-0.2, 0) is 9.59 Å². The van der Waals surface area contributed by atoms with E-state index in [0.29, 0.717) is 32.5 Å². The van der Waals surface area contributed by atoms with Crippen LogP contribution in [0.15, 0.2) is 0 Å². The number of nitriles is 1. The van der Waals surface area contributed by atoms with Crippen LogP contribution in [0, 0.1) is 11.3 Å². The van der Waals surface area contributed by atoms with Crippen molar-refractivity contribution in [2.75, 3.05) is 39.8 Å². The van der Waals surface area contributed by atoms with Crippen LogP contribution < -0.4 is 0 Å². The van der Waals surface area contributed by atoms with E-state index in [-0.39, 0.29) is 18.4 Å². The van der Waals surface area contributed by atoms with E-state index >= 15 is 0 Å². The van der Waals surface area contributed by atoms with Crippen molar-refractivity contribution in [2.45, 2.75) is 25.3 Å². The van der Waals surface area contributed by atoms with Crippen molar-refractivity contribution in [3.63, 3.8) is 0 Å². The fourth-order valence-electron chi connectivity index (χ4n) is 3.07. The Kier molecular flexibility index (Phi) is 3.76. The van der Waals surface area contributed by atoms with Crippen LogP contribution in [0.3, 0.4) is 0 Å². The summed E-state index contributed by atoms with van der Waals surface area (Å²) in [6.45, 7) is 4.35. The van der Waals surface area contributed by atoms with Crippen molar-refractivity contribution in [1.82, 2.24) is 14.7 Å². The molecule has 0 bridgehead atoms. The Balaban J connectivity index is 2.15. The molecule has 2 aliphatic rings. The maximum absolute atomic E-state index is 12.6. The Morgan fingerprint density at radius 3 is 2.47 bits per heavy atom. The molecule has 104 valence electrons. The number of piperazine rings is 1. The molecule has 0 aromatic carbocycles. The lowest BCUT2D eigenvalue weighted by Gasteiger charge is -2.51. The molecule has 6 nitrogen and oxygen atoms in total. The third kappa shape index (κ3) is 2.30. The lowest BCUT2D eigenvalue weighted by molar-refractivity contribution is -0.155. The van der Waals surface area contributed by atoms with Crippen molar-refractivity contribution in [1.29, 1.82) is 5.26 Å². The molecule has 0 aromatic heterocycles. The highest BCUT2D eigenvalue weighted by molar-refractivity contribution is 5.88. The fourth-order valence-corrected chi connectivity index (χ4v) is 3.07. The number of piperidine rings is 1. The highest BCUT2D eigenvalue weighted by Gasteiger charge is 2.49. The summed E-state index contributed by atoms with van der Waals surface area (Å²) >= 11 is 0. The number of amides is 2. The van der Waals surface area contributed by atoms with Gasteiger partial charge in [-0.2, -0.15) is 5.26 Å². The first-order valence-electron chi connectivity index (χ1n) is 6.64. The average Bonchev–Trinajstić information content (AvgIpc) is 2.40. The predicted molar refractivity (Wildman–Crippen MR) is 69.0 cm³/mol. The first-order valence-corrected chi connectivity index (χ1v) is 6.64. The smallest absolute Gasteiger partial charge is 0.244 e. The van der Waals surface area contributed by atoms with Crippen LogP contribution in [0.25, 0.3) is 0 Å². The van der Waals surface area contributed by atoms with Crippen LogP contribution in [0.1, 0.15) is 19.8 Å². The van der Waals surface area contributed by atoms with Crippen molar-refractivity contribution < 1.29 is 9.59 Å². The van der Waals surface area contributed by atoms with Crippen molar-refractivity contribution >= 4 is 11.8 Å². The average molecular weight is 264 g/mol. The summed E-state index contributed by atoms with van der Waals surface area (Å²) in [5.41, 5.74) is -0.513. The molecule has 2 fully saturated rings. The molecular formula is C13H20N4O2. The monoisotopic (exact) mass is 264 g/mol. The van der Waals surface area contributed by atoms with E-state index < -0.39 is 5.54 Å². The molecular weight excluding hydrogens is 244 g/mol. The zero-order valence-electron chi connectivity index (χ0n) is 11.6. The van der Waals surface area contributed by atoms with Crippen molar-refractivity contribution in [3.05, 3.63) is 0 Å². The van der Waals surface area contributed by atoms with Gasteiger partial charge in [-0.25, -0.2) is 0 Å². The van der Waals surface area contributed by atoms with Gasteiger partial charge in [0.05, 0.1) is 6.07 Å². The van der Waals surface area contributed by atoms with Crippen LogP contribution in [0.5, 0.6) is 0 Å². The van der Waals surface area contributed by atoms with Gasteiger partial charge in [0.1, 0.15) is 12.1 Å². The van der Waals surface area contributed by atoms with E-state index in [1.54, 1.807) is 16.7 Å². The van der Waals surface area contributed by atoms with E-state index in [4.69, 9.17) is 5.26 Å². The van der Waals surface area contributed by atoms with Crippen molar-refractivity contribution in [3.8, 4) is 6.07 Å². The molecule has 6 heteroatoms. The lowest BCUT2D eigenvalue weighted by atomic mass is 9.83. The number of hydrogen-bond acceptors (Lipinski definition) is 4. The van der Waals surface area contributed by atoms with Crippen LogP contribution in [0.4, 0.5) is 0 Å². The normalized spacial score (nSPS) is 23.5. The van der Waals surface area contributed by atoms with Gasteiger partial charge in [-0.1, -0.05) is 0 Å². The van der Waals surface area contributed by atoms with Crippen molar-refractivity contribution in [2.24, 2.45) is 0 Å². The van der Waals surface area contributed by atoms with Gasteiger partial charge in [0, 0.05) is 33.1 Å². The molecule has 0 aromatic rings. The van der Waals surface area contributed by atoms with Gasteiger partial charge in [0.25, 0.3) is 0 Å². The maximum Gasteiger partial charge on any atom is 0.244 e. The molecule has 0 radical (unpaired) electrons. The van der Waals surface area contributed by atoms with Crippen LogP contribution >= 0.6 is 0 Å². The minimum atomic E-state index is -0.513. The molecule has 0 saturated carbocycles. The quantitative estimate of drug-likeness (QED) is 0.608. The van der Waals surface area contributed by atoms with Crippen LogP contribution in [-0.4, -0.2) is 71.8 Å². The van der Waals surface area contributed by atoms with Crippen LogP contribution in [0.2, 0.25) is 0 Å². The van der Waals surface area contributed by atoms with Gasteiger partial charge in [-0.3, -0.25) is 14.5 Å². The highest BCUT2D eigenvalue weighted by Crippen LogP contribution is 2.32. The molecule has 0 N–H and O–H groups in total. The summed E-state index contributed by atoms with van der Waals surface area (Å²) in [4.78, 5) is 29.5. The number of carbonyl (C=O) groups is 2.